The summed E-state index contributed by atoms with van der Waals surface area (Å²) in [6.07, 6.45) is 1.07. The number of nitrogens with zero attached hydrogens (tertiary/aromatic N) is 1. The average Bonchev–Trinajstić information content (AvgIpc) is 2.63. The van der Waals surface area contributed by atoms with Crippen LogP contribution in [-0.4, -0.2) is 38.9 Å². The Morgan fingerprint density at radius 1 is 1.14 bits per heavy atom. The molecule has 0 aromatic heterocycles. The first-order valence-corrected chi connectivity index (χ1v) is 12.3. The Bertz CT molecular complexity index is 906. The summed E-state index contributed by atoms with van der Waals surface area (Å²) in [5, 5.41) is 4.00. The van der Waals surface area contributed by atoms with Crippen LogP contribution < -0.4 is 9.62 Å². The van der Waals surface area contributed by atoms with E-state index in [0.29, 0.717) is 23.0 Å². The lowest BCUT2D eigenvalue weighted by Crippen LogP contribution is -2.48. The number of halogens is 2. The van der Waals surface area contributed by atoms with Gasteiger partial charge in [-0.2, -0.15) is 11.8 Å². The predicted octanol–water partition coefficient (Wildman–Crippen LogP) is 4.20. The highest BCUT2D eigenvalue weighted by Gasteiger charge is 2.28. The molecule has 28 heavy (non-hydrogen) atoms. The second-order valence-electron chi connectivity index (χ2n) is 6.15. The van der Waals surface area contributed by atoms with Crippen molar-refractivity contribution >= 4 is 56.6 Å². The van der Waals surface area contributed by atoms with Crippen molar-refractivity contribution in [2.24, 2.45) is 0 Å². The highest BCUT2D eigenvalue weighted by atomic mass is 35.5. The first kappa shape index (κ1) is 22.9. The molecule has 0 unspecified atom stereocenters. The van der Waals surface area contributed by atoms with Crippen molar-refractivity contribution < 1.29 is 13.2 Å². The fraction of sp³-hybridized carbons (Fsp3) is 0.316. The zero-order chi connectivity index (χ0) is 20.7. The third kappa shape index (κ3) is 6.58. The molecule has 2 aromatic carbocycles. The molecule has 152 valence electrons. The van der Waals surface area contributed by atoms with Crippen molar-refractivity contribution in [3.8, 4) is 0 Å². The van der Waals surface area contributed by atoms with Crippen molar-refractivity contribution in [3.63, 3.8) is 0 Å². The highest BCUT2D eigenvalue weighted by molar-refractivity contribution is 7.98. The SMILES string of the molecule is C[C@@H](C(=O)NCCSCc1ccccc1Cl)N(c1ccc(Cl)cc1)S(C)(=O)=O. The van der Waals surface area contributed by atoms with E-state index in [1.807, 2.05) is 24.3 Å². The summed E-state index contributed by atoms with van der Waals surface area (Å²) in [5.74, 6) is 1.06. The van der Waals surface area contributed by atoms with E-state index < -0.39 is 16.1 Å². The summed E-state index contributed by atoms with van der Waals surface area (Å²) < 4.78 is 25.5. The minimum Gasteiger partial charge on any atom is -0.353 e. The molecule has 2 rings (SSSR count). The van der Waals surface area contributed by atoms with Gasteiger partial charge in [-0.15, -0.1) is 0 Å². The van der Waals surface area contributed by atoms with Gasteiger partial charge in [-0.1, -0.05) is 41.4 Å². The van der Waals surface area contributed by atoms with E-state index >= 15 is 0 Å². The number of hydrogen-bond acceptors (Lipinski definition) is 4. The largest absolute Gasteiger partial charge is 0.353 e. The molecule has 0 bridgehead atoms. The van der Waals surface area contributed by atoms with Crippen LogP contribution in [0.3, 0.4) is 0 Å². The van der Waals surface area contributed by atoms with Crippen molar-refractivity contribution in [2.75, 3.05) is 22.9 Å². The van der Waals surface area contributed by atoms with Gasteiger partial charge in [0.2, 0.25) is 15.9 Å². The van der Waals surface area contributed by atoms with Crippen LogP contribution in [0.4, 0.5) is 5.69 Å². The summed E-state index contributed by atoms with van der Waals surface area (Å²) in [6, 6.07) is 13.1. The molecule has 0 aliphatic rings. The second-order valence-corrected chi connectivity index (χ2v) is 9.95. The van der Waals surface area contributed by atoms with Crippen molar-refractivity contribution in [1.82, 2.24) is 5.32 Å². The molecule has 0 saturated heterocycles. The molecule has 0 heterocycles. The predicted molar refractivity (Wildman–Crippen MR) is 119 cm³/mol. The Balaban J connectivity index is 1.90. The van der Waals surface area contributed by atoms with E-state index in [1.54, 1.807) is 43.0 Å². The van der Waals surface area contributed by atoms with E-state index in [9.17, 15) is 13.2 Å². The van der Waals surface area contributed by atoms with Crippen LogP contribution in [0, 0.1) is 0 Å². The molecule has 0 radical (unpaired) electrons. The van der Waals surface area contributed by atoms with Crippen LogP contribution in [0.2, 0.25) is 10.0 Å². The van der Waals surface area contributed by atoms with Gasteiger partial charge in [0.05, 0.1) is 11.9 Å². The van der Waals surface area contributed by atoms with E-state index in [1.165, 1.54) is 0 Å². The van der Waals surface area contributed by atoms with Crippen LogP contribution in [0.5, 0.6) is 0 Å². The number of carbonyl (C=O) groups is 1. The number of benzene rings is 2. The Labute approximate surface area is 180 Å². The summed E-state index contributed by atoms with van der Waals surface area (Å²) in [7, 11) is -3.64. The summed E-state index contributed by atoms with van der Waals surface area (Å²) in [5.41, 5.74) is 1.43. The average molecular weight is 461 g/mol. The molecule has 0 fully saturated rings. The first-order valence-electron chi connectivity index (χ1n) is 8.54. The molecule has 0 spiro atoms. The van der Waals surface area contributed by atoms with Crippen LogP contribution in [-0.2, 0) is 20.6 Å². The number of anilines is 1. The smallest absolute Gasteiger partial charge is 0.243 e. The van der Waals surface area contributed by atoms with Crippen molar-refractivity contribution in [2.45, 2.75) is 18.7 Å². The molecule has 2 aromatic rings. The molecule has 0 aliphatic heterocycles. The number of rotatable bonds is 9. The van der Waals surface area contributed by atoms with E-state index in [2.05, 4.69) is 5.32 Å². The maximum Gasteiger partial charge on any atom is 0.243 e. The molecule has 0 saturated carbocycles. The Kier molecular flexibility index (Phi) is 8.49. The quantitative estimate of drug-likeness (QED) is 0.569. The zero-order valence-electron chi connectivity index (χ0n) is 15.6. The maximum absolute atomic E-state index is 12.5. The van der Waals surface area contributed by atoms with Gasteiger partial charge in [-0.3, -0.25) is 9.10 Å². The minimum absolute atomic E-state index is 0.362. The van der Waals surface area contributed by atoms with Crippen LogP contribution in [0.15, 0.2) is 48.5 Å². The number of sulfonamides is 1. The minimum atomic E-state index is -3.64. The van der Waals surface area contributed by atoms with Gasteiger partial charge in [0, 0.05) is 28.1 Å². The van der Waals surface area contributed by atoms with E-state index in [0.717, 1.165) is 26.9 Å². The van der Waals surface area contributed by atoms with Gasteiger partial charge in [0.15, 0.2) is 0 Å². The summed E-state index contributed by atoms with van der Waals surface area (Å²) in [6.45, 7) is 1.98. The number of amides is 1. The number of hydrogen-bond donors (Lipinski definition) is 1. The van der Waals surface area contributed by atoms with Gasteiger partial charge in [-0.05, 0) is 42.8 Å². The van der Waals surface area contributed by atoms with E-state index in [4.69, 9.17) is 23.2 Å². The lowest BCUT2D eigenvalue weighted by atomic mass is 10.2. The van der Waals surface area contributed by atoms with E-state index in [-0.39, 0.29) is 5.91 Å². The lowest BCUT2D eigenvalue weighted by Gasteiger charge is -2.28. The number of nitrogens with one attached hydrogen (secondary N) is 1. The third-order valence-electron chi connectivity index (χ3n) is 3.93. The molecule has 1 N–H and O–H groups in total. The van der Waals surface area contributed by atoms with Gasteiger partial charge in [0.25, 0.3) is 0 Å². The lowest BCUT2D eigenvalue weighted by molar-refractivity contribution is -0.121. The van der Waals surface area contributed by atoms with Gasteiger partial charge >= 0.3 is 0 Å². The van der Waals surface area contributed by atoms with Gasteiger partial charge in [0.1, 0.15) is 6.04 Å². The molecular weight excluding hydrogens is 439 g/mol. The summed E-state index contributed by atoms with van der Waals surface area (Å²) in [4.78, 5) is 12.5. The first-order chi connectivity index (χ1) is 13.2. The fourth-order valence-electron chi connectivity index (χ4n) is 2.59. The molecule has 9 heteroatoms. The molecular formula is C19H22Cl2N2O3S2. The Hall–Kier alpha value is -1.41. The Morgan fingerprint density at radius 3 is 2.39 bits per heavy atom. The Morgan fingerprint density at radius 2 is 1.79 bits per heavy atom. The van der Waals surface area contributed by atoms with Crippen molar-refractivity contribution in [1.29, 1.82) is 0 Å². The van der Waals surface area contributed by atoms with Gasteiger partial charge < -0.3 is 5.32 Å². The topological polar surface area (TPSA) is 66.5 Å². The highest BCUT2D eigenvalue weighted by Crippen LogP contribution is 2.23. The maximum atomic E-state index is 12.5. The molecule has 5 nitrogen and oxygen atoms in total. The second kappa shape index (κ2) is 10.4. The normalized spacial score (nSPS) is 12.4. The third-order valence-corrected chi connectivity index (χ3v) is 6.80. The monoisotopic (exact) mass is 460 g/mol. The van der Waals surface area contributed by atoms with Crippen LogP contribution in [0.25, 0.3) is 0 Å². The molecule has 0 aliphatic carbocycles. The molecule has 1 atom stereocenters. The molecule has 1 amide bonds. The zero-order valence-corrected chi connectivity index (χ0v) is 18.7. The standard InChI is InChI=1S/C19H22Cl2N2O3S2/c1-14(23(28(2,25)26)17-9-7-16(20)8-10-17)19(24)22-11-12-27-13-15-5-3-4-6-18(15)21/h3-10,14H,11-13H2,1-2H3,(H,22,24)/t14-/m0/s1. The fourth-order valence-corrected chi connectivity index (χ4v) is 5.03. The van der Waals surface area contributed by atoms with Crippen LogP contribution >= 0.6 is 35.0 Å². The number of thioether (sulfide) groups is 1. The van der Waals surface area contributed by atoms with Gasteiger partial charge in [-0.25, -0.2) is 8.42 Å². The van der Waals surface area contributed by atoms with Crippen LogP contribution in [0.1, 0.15) is 12.5 Å². The number of carbonyl (C=O) groups excluding carboxylic acids is 1. The summed E-state index contributed by atoms with van der Waals surface area (Å²) >= 11 is 13.6. The van der Waals surface area contributed by atoms with Crippen molar-refractivity contribution in [3.05, 3.63) is 64.1 Å².